The Balaban J connectivity index is 1.34. The second-order valence-electron chi connectivity index (χ2n) is 11.0. The molecular formula is C35H32Cl3NO6S. The molecule has 0 bridgehead atoms. The first kappa shape index (κ1) is 34.3. The zero-order valence-electron chi connectivity index (χ0n) is 24.7. The van der Waals surface area contributed by atoms with Gasteiger partial charge in [-0.05, 0) is 58.1 Å². The van der Waals surface area contributed by atoms with Crippen LogP contribution in [0.25, 0.3) is 11.1 Å². The number of hydrogen-bond acceptors (Lipinski definition) is 6. The van der Waals surface area contributed by atoms with E-state index in [0.29, 0.717) is 5.75 Å². The molecule has 1 amide bonds. The molecule has 240 valence electrons. The highest BCUT2D eigenvalue weighted by atomic mass is 35.6. The van der Waals surface area contributed by atoms with E-state index in [2.05, 4.69) is 12.2 Å². The molecule has 0 radical (unpaired) electrons. The van der Waals surface area contributed by atoms with Crippen LogP contribution in [0.3, 0.4) is 0 Å². The second-order valence-corrected chi connectivity index (χ2v) is 14.3. The number of alkyl halides is 3. The molecule has 4 atom stereocenters. The number of carboxylic acids is 1. The number of aliphatic hydroxyl groups excluding tert-OH is 1. The Kier molecular flexibility index (Phi) is 11.3. The van der Waals surface area contributed by atoms with Crippen LogP contribution in [0.15, 0.2) is 102 Å². The van der Waals surface area contributed by atoms with Gasteiger partial charge in [0.15, 0.2) is 6.29 Å². The number of halogens is 3. The number of hydrogen-bond donors (Lipinski definition) is 3. The van der Waals surface area contributed by atoms with Crippen molar-refractivity contribution in [1.29, 1.82) is 0 Å². The molecule has 0 aliphatic carbocycles. The summed E-state index contributed by atoms with van der Waals surface area (Å²) in [5, 5.41) is 21.4. The molecule has 4 aromatic carbocycles. The van der Waals surface area contributed by atoms with E-state index in [1.165, 1.54) is 0 Å². The summed E-state index contributed by atoms with van der Waals surface area (Å²) in [5.74, 6) is -1.01. The number of benzene rings is 4. The van der Waals surface area contributed by atoms with E-state index in [0.717, 1.165) is 38.3 Å². The molecule has 46 heavy (non-hydrogen) atoms. The van der Waals surface area contributed by atoms with E-state index >= 15 is 0 Å². The quantitative estimate of drug-likeness (QED) is 0.113. The number of carbonyl (C=O) groups is 2. The first-order chi connectivity index (χ1) is 22.0. The third-order valence-electron chi connectivity index (χ3n) is 7.79. The Labute approximate surface area is 286 Å². The molecule has 5 rings (SSSR count). The summed E-state index contributed by atoms with van der Waals surface area (Å²) in [7, 11) is 0. The van der Waals surface area contributed by atoms with E-state index in [1.807, 2.05) is 84.9 Å². The zero-order valence-corrected chi connectivity index (χ0v) is 27.8. The van der Waals surface area contributed by atoms with Gasteiger partial charge in [-0.2, -0.15) is 0 Å². The lowest BCUT2D eigenvalue weighted by atomic mass is 9.91. The Hall–Kier alpha value is -3.08. The van der Waals surface area contributed by atoms with E-state index in [4.69, 9.17) is 44.3 Å². The fraction of sp³-hybridized carbons (Fsp3) is 0.257. The van der Waals surface area contributed by atoms with Crippen molar-refractivity contribution in [3.63, 3.8) is 0 Å². The second kappa shape index (κ2) is 15.2. The zero-order chi connectivity index (χ0) is 32.8. The SMILES string of the molecule is CC1C(CSc2ccc(C(=O)O)cc2)OC(c2ccc(-c3cccc(CNC(=O)C(Cl)(Cl)Cl)c3)cc2)OC1c1ccc(CO)cc1. The normalized spacial score (nSPS) is 19.8. The van der Waals surface area contributed by atoms with Gasteiger partial charge in [-0.3, -0.25) is 4.79 Å². The van der Waals surface area contributed by atoms with Crippen molar-refractivity contribution in [3.8, 4) is 11.1 Å². The molecule has 4 unspecified atom stereocenters. The van der Waals surface area contributed by atoms with Gasteiger partial charge in [0, 0.05) is 28.7 Å². The summed E-state index contributed by atoms with van der Waals surface area (Å²) in [6.45, 7) is 2.28. The fourth-order valence-corrected chi connectivity index (χ4v) is 6.43. The number of ether oxygens (including phenoxy) is 2. The summed E-state index contributed by atoms with van der Waals surface area (Å²) in [4.78, 5) is 24.2. The highest BCUT2D eigenvalue weighted by Crippen LogP contribution is 2.43. The third kappa shape index (κ3) is 8.63. The van der Waals surface area contributed by atoms with Crippen molar-refractivity contribution in [2.75, 3.05) is 5.75 Å². The summed E-state index contributed by atoms with van der Waals surface area (Å²) < 4.78 is 11.1. The van der Waals surface area contributed by atoms with Crippen LogP contribution in [-0.4, -0.2) is 37.7 Å². The predicted octanol–water partition coefficient (Wildman–Crippen LogP) is 8.11. The van der Waals surface area contributed by atoms with E-state index in [-0.39, 0.29) is 36.8 Å². The number of thioether (sulfide) groups is 1. The van der Waals surface area contributed by atoms with Crippen molar-refractivity contribution in [2.24, 2.45) is 5.92 Å². The number of amides is 1. The molecule has 11 heteroatoms. The average Bonchev–Trinajstić information content (AvgIpc) is 3.06. The van der Waals surface area contributed by atoms with Gasteiger partial charge >= 0.3 is 5.97 Å². The maximum atomic E-state index is 12.0. The summed E-state index contributed by atoms with van der Waals surface area (Å²) >= 11 is 18.6. The molecule has 1 aliphatic heterocycles. The lowest BCUT2D eigenvalue weighted by molar-refractivity contribution is -0.268. The number of aromatic carboxylic acids is 1. The predicted molar refractivity (Wildman–Crippen MR) is 181 cm³/mol. The van der Waals surface area contributed by atoms with Crippen LogP contribution in [0.1, 0.15) is 51.9 Å². The Morgan fingerprint density at radius 1 is 0.848 bits per heavy atom. The van der Waals surface area contributed by atoms with Crippen LogP contribution in [-0.2, 0) is 27.4 Å². The molecule has 0 spiro atoms. The first-order valence-electron chi connectivity index (χ1n) is 14.5. The van der Waals surface area contributed by atoms with Crippen LogP contribution >= 0.6 is 46.6 Å². The first-order valence-corrected chi connectivity index (χ1v) is 16.6. The maximum Gasteiger partial charge on any atom is 0.335 e. The Morgan fingerprint density at radius 3 is 2.15 bits per heavy atom. The summed E-state index contributed by atoms with van der Waals surface area (Å²) in [6, 6.07) is 30.3. The van der Waals surface area contributed by atoms with E-state index in [9.17, 15) is 19.8 Å². The van der Waals surface area contributed by atoms with Crippen LogP contribution in [0.2, 0.25) is 0 Å². The van der Waals surface area contributed by atoms with Crippen LogP contribution in [0, 0.1) is 5.92 Å². The lowest BCUT2D eigenvalue weighted by Crippen LogP contribution is -2.38. The molecule has 0 aromatic heterocycles. The maximum absolute atomic E-state index is 12.0. The minimum atomic E-state index is -2.03. The molecule has 4 aromatic rings. The van der Waals surface area contributed by atoms with Gasteiger partial charge in [-0.25, -0.2) is 4.79 Å². The summed E-state index contributed by atoms with van der Waals surface area (Å²) in [6.07, 6.45) is -1.06. The highest BCUT2D eigenvalue weighted by Gasteiger charge is 2.38. The van der Waals surface area contributed by atoms with Gasteiger partial charge in [-0.15, -0.1) is 11.8 Å². The van der Waals surface area contributed by atoms with Crippen LogP contribution < -0.4 is 5.32 Å². The van der Waals surface area contributed by atoms with Crippen molar-refractivity contribution >= 4 is 58.4 Å². The molecule has 1 aliphatic rings. The molecule has 1 fully saturated rings. The minimum absolute atomic E-state index is 0.00564. The van der Waals surface area contributed by atoms with E-state index in [1.54, 1.807) is 23.9 Å². The number of nitrogens with one attached hydrogen (secondary N) is 1. The standard InChI is InChI=1S/C35H32Cl3NO6S/c1-21-30(20-46-29-15-13-26(14-16-29)32(41)42)44-33(45-31(21)25-7-5-22(19-40)6-8-25)27-11-9-24(10-12-27)28-4-2-3-23(17-28)18-39-34(43)35(36,37)38/h2-17,21,30-31,33,40H,18-20H2,1H3,(H,39,43)(H,41,42). The average molecular weight is 701 g/mol. The van der Waals surface area contributed by atoms with Crippen molar-refractivity contribution in [3.05, 3.63) is 125 Å². The molecule has 1 saturated heterocycles. The van der Waals surface area contributed by atoms with Crippen molar-refractivity contribution in [2.45, 2.75) is 47.3 Å². The molecular weight excluding hydrogens is 669 g/mol. The van der Waals surface area contributed by atoms with Crippen molar-refractivity contribution < 1.29 is 29.3 Å². The third-order valence-corrected chi connectivity index (χ3v) is 9.41. The number of carboxylic acid groups (broad SMARTS) is 1. The van der Waals surface area contributed by atoms with Crippen LogP contribution in [0.5, 0.6) is 0 Å². The molecule has 7 nitrogen and oxygen atoms in total. The molecule has 3 N–H and O–H groups in total. The minimum Gasteiger partial charge on any atom is -0.478 e. The monoisotopic (exact) mass is 699 g/mol. The highest BCUT2D eigenvalue weighted by molar-refractivity contribution is 7.99. The van der Waals surface area contributed by atoms with Gasteiger partial charge < -0.3 is 25.0 Å². The van der Waals surface area contributed by atoms with Gasteiger partial charge in [0.1, 0.15) is 0 Å². The molecule has 1 heterocycles. The topological polar surface area (TPSA) is 105 Å². The lowest BCUT2D eigenvalue weighted by Gasteiger charge is -2.41. The van der Waals surface area contributed by atoms with Gasteiger partial charge in [-0.1, -0.05) is 108 Å². The number of rotatable bonds is 10. The fourth-order valence-electron chi connectivity index (χ4n) is 5.16. The number of aliphatic hydroxyl groups is 1. The molecule has 0 saturated carbocycles. The Bertz CT molecular complexity index is 1650. The van der Waals surface area contributed by atoms with Gasteiger partial charge in [0.05, 0.1) is 24.4 Å². The largest absolute Gasteiger partial charge is 0.478 e. The smallest absolute Gasteiger partial charge is 0.335 e. The Morgan fingerprint density at radius 2 is 1.52 bits per heavy atom. The van der Waals surface area contributed by atoms with Gasteiger partial charge in [0.2, 0.25) is 0 Å². The summed E-state index contributed by atoms with van der Waals surface area (Å²) in [5.41, 5.74) is 5.70. The van der Waals surface area contributed by atoms with Crippen LogP contribution in [0.4, 0.5) is 0 Å². The number of carbonyl (C=O) groups excluding carboxylic acids is 1. The van der Waals surface area contributed by atoms with Crippen molar-refractivity contribution in [1.82, 2.24) is 5.32 Å². The van der Waals surface area contributed by atoms with Gasteiger partial charge in [0.25, 0.3) is 9.70 Å². The van der Waals surface area contributed by atoms with E-state index < -0.39 is 22.0 Å².